The van der Waals surface area contributed by atoms with Gasteiger partial charge in [0.1, 0.15) is 5.76 Å². The Morgan fingerprint density at radius 2 is 1.77 bits per heavy atom. The fraction of sp³-hybridized carbons (Fsp3) is 0.227. The second-order valence-electron chi connectivity index (χ2n) is 6.74. The lowest BCUT2D eigenvalue weighted by Crippen LogP contribution is -2.27. The maximum atomic E-state index is 12.8. The summed E-state index contributed by atoms with van der Waals surface area (Å²) in [7, 11) is 1.03. The highest BCUT2D eigenvalue weighted by Crippen LogP contribution is 2.31. The summed E-state index contributed by atoms with van der Waals surface area (Å²) in [4.78, 5) is 14.4. The van der Waals surface area contributed by atoms with E-state index in [0.29, 0.717) is 29.4 Å². The van der Waals surface area contributed by atoms with Crippen LogP contribution < -0.4 is 14.2 Å². The summed E-state index contributed by atoms with van der Waals surface area (Å²) in [6.07, 6.45) is 1.47. The Kier molecular flexibility index (Phi) is 6.98. The first kappa shape index (κ1) is 22.4. The van der Waals surface area contributed by atoms with Gasteiger partial charge in [-0.05, 0) is 42.5 Å². The Labute approximate surface area is 181 Å². The summed E-state index contributed by atoms with van der Waals surface area (Å²) in [6, 6.07) is 14.6. The zero-order valence-electron chi connectivity index (χ0n) is 17.5. The Morgan fingerprint density at radius 1 is 1.03 bits per heavy atom. The molecule has 0 atom stereocenters. The number of para-hydroxylation sites is 1. The molecule has 2 aromatic carbocycles. The molecule has 9 heteroatoms. The van der Waals surface area contributed by atoms with Crippen molar-refractivity contribution >= 4 is 15.9 Å². The smallest absolute Gasteiger partial charge is 0.253 e. The molecule has 1 N–H and O–H groups in total. The predicted octanol–water partition coefficient (Wildman–Crippen LogP) is 3.05. The van der Waals surface area contributed by atoms with E-state index in [1.807, 2.05) is 12.1 Å². The molecular weight excluding hydrogens is 420 g/mol. The van der Waals surface area contributed by atoms with E-state index in [9.17, 15) is 13.2 Å². The third-order valence-electron chi connectivity index (χ3n) is 4.67. The van der Waals surface area contributed by atoms with Gasteiger partial charge in [0.25, 0.3) is 5.91 Å². The number of hydrogen-bond donors (Lipinski definition) is 1. The molecular formula is C22H24N2O6S. The number of carbonyl (C=O) groups excluding carboxylic acids is 1. The number of furan rings is 1. The van der Waals surface area contributed by atoms with Crippen molar-refractivity contribution in [2.24, 2.45) is 0 Å². The van der Waals surface area contributed by atoms with Crippen molar-refractivity contribution in [3.63, 3.8) is 0 Å². The van der Waals surface area contributed by atoms with Crippen LogP contribution in [0, 0.1) is 0 Å². The second-order valence-corrected chi connectivity index (χ2v) is 8.51. The van der Waals surface area contributed by atoms with Gasteiger partial charge in [0.15, 0.2) is 11.5 Å². The Morgan fingerprint density at radius 3 is 2.39 bits per heavy atom. The fourth-order valence-electron chi connectivity index (χ4n) is 3.07. The van der Waals surface area contributed by atoms with Crippen molar-refractivity contribution < 1.29 is 27.1 Å². The van der Waals surface area contributed by atoms with Crippen LogP contribution in [-0.4, -0.2) is 40.5 Å². The van der Waals surface area contributed by atoms with E-state index in [-0.39, 0.29) is 17.3 Å². The minimum Gasteiger partial charge on any atom is -0.493 e. The molecule has 8 nitrogen and oxygen atoms in total. The van der Waals surface area contributed by atoms with E-state index in [4.69, 9.17) is 13.9 Å². The molecule has 0 unspecified atom stereocenters. The quantitative estimate of drug-likeness (QED) is 0.545. The lowest BCUT2D eigenvalue weighted by Gasteiger charge is -2.20. The zero-order valence-corrected chi connectivity index (χ0v) is 18.3. The Bertz CT molecular complexity index is 1130. The van der Waals surface area contributed by atoms with Crippen LogP contribution in [0.3, 0.4) is 0 Å². The van der Waals surface area contributed by atoms with Crippen molar-refractivity contribution in [2.75, 3.05) is 21.3 Å². The van der Waals surface area contributed by atoms with Gasteiger partial charge in [0.2, 0.25) is 10.0 Å². The number of amides is 1. The molecule has 0 aliphatic rings. The Hall–Kier alpha value is -3.30. The molecule has 1 aromatic heterocycles. The van der Waals surface area contributed by atoms with E-state index < -0.39 is 10.0 Å². The number of sulfonamides is 1. The predicted molar refractivity (Wildman–Crippen MR) is 115 cm³/mol. The molecule has 0 saturated carbocycles. The molecule has 0 radical (unpaired) electrons. The van der Waals surface area contributed by atoms with Gasteiger partial charge < -0.3 is 18.8 Å². The molecule has 0 spiro atoms. The van der Waals surface area contributed by atoms with Gasteiger partial charge in [-0.2, -0.15) is 0 Å². The SMILES string of the molecule is COc1cccc(CN(C)C(=O)c2ccc(S(=O)(=O)NCc3ccco3)cc2)c1OC. The minimum atomic E-state index is -3.73. The van der Waals surface area contributed by atoms with Crippen molar-refractivity contribution in [3.05, 3.63) is 77.7 Å². The molecule has 164 valence electrons. The van der Waals surface area contributed by atoms with Gasteiger partial charge in [-0.15, -0.1) is 0 Å². The van der Waals surface area contributed by atoms with Crippen LogP contribution in [0.2, 0.25) is 0 Å². The molecule has 0 aliphatic heterocycles. The lowest BCUT2D eigenvalue weighted by molar-refractivity contribution is 0.0784. The summed E-state index contributed by atoms with van der Waals surface area (Å²) in [5, 5.41) is 0. The number of ether oxygens (including phenoxy) is 2. The first-order valence-electron chi connectivity index (χ1n) is 9.43. The average molecular weight is 445 g/mol. The summed E-state index contributed by atoms with van der Waals surface area (Å²) in [5.74, 6) is 1.40. The Balaban J connectivity index is 1.70. The van der Waals surface area contributed by atoms with Crippen molar-refractivity contribution in [2.45, 2.75) is 18.0 Å². The van der Waals surface area contributed by atoms with Crippen LogP contribution in [0.4, 0.5) is 0 Å². The van der Waals surface area contributed by atoms with Crippen LogP contribution in [0.1, 0.15) is 21.7 Å². The number of nitrogens with one attached hydrogen (secondary N) is 1. The van der Waals surface area contributed by atoms with Crippen molar-refractivity contribution in [1.82, 2.24) is 9.62 Å². The molecule has 0 bridgehead atoms. The fourth-order valence-corrected chi connectivity index (χ4v) is 4.06. The lowest BCUT2D eigenvalue weighted by atomic mass is 10.1. The first-order chi connectivity index (χ1) is 14.9. The number of rotatable bonds is 9. The van der Waals surface area contributed by atoms with Gasteiger partial charge in [-0.25, -0.2) is 13.1 Å². The van der Waals surface area contributed by atoms with Crippen molar-refractivity contribution in [3.8, 4) is 11.5 Å². The summed E-state index contributed by atoms with van der Waals surface area (Å²) < 4.78 is 43.2. The molecule has 3 rings (SSSR count). The van der Waals surface area contributed by atoms with Crippen LogP contribution in [-0.2, 0) is 23.1 Å². The highest BCUT2D eigenvalue weighted by atomic mass is 32.2. The number of methoxy groups -OCH3 is 2. The van der Waals surface area contributed by atoms with E-state index in [2.05, 4.69) is 4.72 Å². The number of nitrogens with zero attached hydrogens (tertiary/aromatic N) is 1. The maximum Gasteiger partial charge on any atom is 0.253 e. The van der Waals surface area contributed by atoms with Gasteiger partial charge >= 0.3 is 0 Å². The first-order valence-corrected chi connectivity index (χ1v) is 10.9. The topological polar surface area (TPSA) is 98.1 Å². The summed E-state index contributed by atoms with van der Waals surface area (Å²) in [6.45, 7) is 0.338. The van der Waals surface area contributed by atoms with Crippen LogP contribution in [0.25, 0.3) is 0 Å². The van der Waals surface area contributed by atoms with Gasteiger partial charge in [-0.3, -0.25) is 4.79 Å². The average Bonchev–Trinajstić information content (AvgIpc) is 3.31. The van der Waals surface area contributed by atoms with E-state index in [1.165, 1.54) is 35.4 Å². The number of hydrogen-bond acceptors (Lipinski definition) is 6. The highest BCUT2D eigenvalue weighted by molar-refractivity contribution is 7.89. The zero-order chi connectivity index (χ0) is 22.4. The summed E-state index contributed by atoms with van der Waals surface area (Å²) >= 11 is 0. The third-order valence-corrected chi connectivity index (χ3v) is 6.08. The monoisotopic (exact) mass is 444 g/mol. The van der Waals surface area contributed by atoms with Gasteiger partial charge in [0, 0.05) is 24.7 Å². The number of benzene rings is 2. The maximum absolute atomic E-state index is 12.8. The van der Waals surface area contributed by atoms with E-state index in [0.717, 1.165) is 5.56 Å². The normalized spacial score (nSPS) is 11.2. The second kappa shape index (κ2) is 9.67. The molecule has 0 fully saturated rings. The molecule has 31 heavy (non-hydrogen) atoms. The van der Waals surface area contributed by atoms with Gasteiger partial charge in [0.05, 0.1) is 31.9 Å². The van der Waals surface area contributed by atoms with Crippen LogP contribution in [0.5, 0.6) is 11.5 Å². The van der Waals surface area contributed by atoms with Crippen LogP contribution >= 0.6 is 0 Å². The molecule has 0 saturated heterocycles. The van der Waals surface area contributed by atoms with Gasteiger partial charge in [-0.1, -0.05) is 12.1 Å². The van der Waals surface area contributed by atoms with Crippen molar-refractivity contribution in [1.29, 1.82) is 0 Å². The minimum absolute atomic E-state index is 0.0428. The van der Waals surface area contributed by atoms with Crippen LogP contribution in [0.15, 0.2) is 70.2 Å². The largest absolute Gasteiger partial charge is 0.493 e. The molecule has 3 aromatic rings. The van der Waals surface area contributed by atoms with E-state index >= 15 is 0 Å². The van der Waals surface area contributed by atoms with E-state index in [1.54, 1.807) is 39.5 Å². The molecule has 1 amide bonds. The highest BCUT2D eigenvalue weighted by Gasteiger charge is 2.19. The third kappa shape index (κ3) is 5.25. The molecule has 0 aliphatic carbocycles. The molecule has 1 heterocycles. The standard InChI is InChI=1S/C22H24N2O6S/c1-24(15-17-6-4-8-20(28-2)21(17)29-3)22(25)16-9-11-19(12-10-16)31(26,27)23-14-18-7-5-13-30-18/h4-13,23H,14-15H2,1-3H3. The number of carbonyl (C=O) groups is 1. The summed E-state index contributed by atoms with van der Waals surface area (Å²) in [5.41, 5.74) is 1.16.